The zero-order valence-corrected chi connectivity index (χ0v) is 36.1. The second-order valence-electron chi connectivity index (χ2n) is 16.5. The molecule has 0 atom stereocenters. The van der Waals surface area contributed by atoms with Crippen LogP contribution in [-0.4, -0.2) is 107 Å². The van der Waals surface area contributed by atoms with Gasteiger partial charge in [-0.05, 0) is 114 Å². The number of hydrogen-bond donors (Lipinski definition) is 4. The third-order valence-electron chi connectivity index (χ3n) is 7.70. The predicted molar refractivity (Wildman–Crippen MR) is 195 cm³/mol. The molecule has 0 unspecified atom stereocenters. The van der Waals surface area contributed by atoms with E-state index < -0.39 is 108 Å². The van der Waals surface area contributed by atoms with Crippen LogP contribution in [0.25, 0.3) is 0 Å². The number of alkyl halides is 4. The van der Waals surface area contributed by atoms with Crippen LogP contribution in [0, 0.1) is 0 Å². The third-order valence-corrected chi connectivity index (χ3v) is 15.3. The number of carbonyl (C=O) groups is 4. The van der Waals surface area contributed by atoms with Gasteiger partial charge in [0.25, 0.3) is 12.9 Å². The summed E-state index contributed by atoms with van der Waals surface area (Å²) in [6.07, 6.45) is -7.27. The van der Waals surface area contributed by atoms with E-state index in [0.29, 0.717) is 19.1 Å². The van der Waals surface area contributed by atoms with Crippen molar-refractivity contribution in [1.29, 1.82) is 0 Å². The fourth-order valence-corrected chi connectivity index (χ4v) is 8.63. The van der Waals surface area contributed by atoms with Crippen molar-refractivity contribution in [3.8, 4) is 0 Å². The second kappa shape index (κ2) is 17.7. The lowest BCUT2D eigenvalue weighted by molar-refractivity contribution is -0.108. The Bertz CT molecular complexity index is 1930. The van der Waals surface area contributed by atoms with Gasteiger partial charge in [0.2, 0.25) is 40.1 Å². The van der Waals surface area contributed by atoms with Crippen LogP contribution in [0.15, 0.2) is 0 Å². The molecular formula is C30H52F4N4O15S4. The van der Waals surface area contributed by atoms with E-state index in [4.69, 9.17) is 14.2 Å². The maximum absolute atomic E-state index is 12.6. The minimum absolute atomic E-state index is 0.0104. The van der Waals surface area contributed by atoms with Crippen molar-refractivity contribution in [2.75, 3.05) is 0 Å². The SMILES string of the molecule is CC(C)(C)OC(=O)NS(=O)(=O)C1(C(F)F)CC1.CC(C)(C)OC(=O)NS(=O)(=O)C1(C=O)CC1.CC(C)(C)OC(=O)NS(=O)(=O)C1CC1.NS(=O)(=O)C1(C(F)F)CC1. The minimum Gasteiger partial charge on any atom is -0.443 e. The van der Waals surface area contributed by atoms with E-state index >= 15 is 0 Å². The van der Waals surface area contributed by atoms with Crippen molar-refractivity contribution >= 4 is 64.7 Å². The lowest BCUT2D eigenvalue weighted by atomic mass is 10.2. The molecule has 57 heavy (non-hydrogen) atoms. The summed E-state index contributed by atoms with van der Waals surface area (Å²) in [6.45, 7) is 14.5. The summed E-state index contributed by atoms with van der Waals surface area (Å²) in [6, 6.07) is 0. The molecule has 0 spiro atoms. The number of sulfonamides is 4. The second-order valence-corrected chi connectivity index (χ2v) is 24.4. The zero-order chi connectivity index (χ0) is 45.1. The fourth-order valence-electron chi connectivity index (χ4n) is 3.95. The molecule has 4 fully saturated rings. The molecule has 0 aromatic carbocycles. The highest BCUT2D eigenvalue weighted by molar-refractivity contribution is 7.92. The number of primary sulfonamides is 1. The van der Waals surface area contributed by atoms with Crippen molar-refractivity contribution < 1.29 is 84.6 Å². The van der Waals surface area contributed by atoms with Crippen LogP contribution in [0.3, 0.4) is 0 Å². The van der Waals surface area contributed by atoms with E-state index in [1.54, 1.807) is 67.0 Å². The Morgan fingerprint density at radius 3 is 1.12 bits per heavy atom. The Kier molecular flexibility index (Phi) is 16.1. The molecule has 0 aromatic rings. The predicted octanol–water partition coefficient (Wildman–Crippen LogP) is 3.29. The average Bonchev–Trinajstić information content (AvgIpc) is 3.81. The number of aldehydes is 1. The van der Waals surface area contributed by atoms with E-state index in [9.17, 15) is 70.4 Å². The van der Waals surface area contributed by atoms with Gasteiger partial charge in [-0.15, -0.1) is 0 Å². The van der Waals surface area contributed by atoms with Gasteiger partial charge in [-0.2, -0.15) is 0 Å². The van der Waals surface area contributed by atoms with Gasteiger partial charge in [0, 0.05) is 0 Å². The first-order valence-electron chi connectivity index (χ1n) is 17.0. The number of nitrogens with one attached hydrogen (secondary N) is 3. The lowest BCUT2D eigenvalue weighted by Gasteiger charge is -2.21. The van der Waals surface area contributed by atoms with E-state index in [2.05, 4.69) is 5.14 Å². The number of rotatable bonds is 10. The number of nitrogens with two attached hydrogens (primary N) is 1. The smallest absolute Gasteiger partial charge is 0.421 e. The Hall–Kier alpha value is -3.04. The zero-order valence-electron chi connectivity index (χ0n) is 32.8. The van der Waals surface area contributed by atoms with Gasteiger partial charge < -0.3 is 19.0 Å². The summed E-state index contributed by atoms with van der Waals surface area (Å²) < 4.78 is 153. The largest absolute Gasteiger partial charge is 0.443 e. The quantitative estimate of drug-likeness (QED) is 0.139. The van der Waals surface area contributed by atoms with E-state index in [-0.39, 0.29) is 38.5 Å². The summed E-state index contributed by atoms with van der Waals surface area (Å²) in [5.74, 6) is 0. The molecular weight excluding hydrogens is 861 g/mol. The number of hydrogen-bond acceptors (Lipinski definition) is 15. The van der Waals surface area contributed by atoms with Crippen LogP contribution in [0.5, 0.6) is 0 Å². The highest BCUT2D eigenvalue weighted by Gasteiger charge is 2.63. The highest BCUT2D eigenvalue weighted by Crippen LogP contribution is 2.48. The summed E-state index contributed by atoms with van der Waals surface area (Å²) in [7, 11) is -15.9. The van der Waals surface area contributed by atoms with Gasteiger partial charge in [0.1, 0.15) is 32.6 Å². The van der Waals surface area contributed by atoms with Crippen LogP contribution >= 0.6 is 0 Å². The molecule has 0 aliphatic heterocycles. The molecule has 3 amide bonds. The van der Waals surface area contributed by atoms with E-state index in [1.165, 1.54) is 4.72 Å². The Morgan fingerprint density at radius 1 is 0.596 bits per heavy atom. The minimum atomic E-state index is -4.39. The van der Waals surface area contributed by atoms with Crippen molar-refractivity contribution in [3.05, 3.63) is 0 Å². The van der Waals surface area contributed by atoms with Crippen LogP contribution in [0.1, 0.15) is 114 Å². The molecule has 5 N–H and O–H groups in total. The molecule has 0 saturated heterocycles. The first-order chi connectivity index (χ1) is 25.2. The Labute approximate surface area is 330 Å². The van der Waals surface area contributed by atoms with Crippen molar-refractivity contribution in [2.24, 2.45) is 5.14 Å². The lowest BCUT2D eigenvalue weighted by Crippen LogP contribution is -2.45. The molecule has 334 valence electrons. The van der Waals surface area contributed by atoms with Crippen molar-refractivity contribution in [1.82, 2.24) is 14.2 Å². The maximum atomic E-state index is 12.6. The number of amides is 3. The molecule has 0 heterocycles. The monoisotopic (exact) mass is 912 g/mol. The summed E-state index contributed by atoms with van der Waals surface area (Å²) in [4.78, 5) is 44.2. The molecule has 4 rings (SSSR count). The molecule has 0 radical (unpaired) electrons. The van der Waals surface area contributed by atoms with Crippen LogP contribution in [-0.2, 0) is 59.1 Å². The van der Waals surface area contributed by atoms with E-state index in [1.807, 2.05) is 4.72 Å². The third kappa shape index (κ3) is 15.9. The Morgan fingerprint density at radius 2 is 0.912 bits per heavy atom. The first kappa shape index (κ1) is 52.0. The van der Waals surface area contributed by atoms with Crippen molar-refractivity contribution in [2.45, 2.75) is 163 Å². The molecule has 4 aliphatic rings. The molecule has 0 bridgehead atoms. The normalized spacial score (nSPS) is 19.3. The van der Waals surface area contributed by atoms with Gasteiger partial charge in [-0.3, -0.25) is 0 Å². The highest BCUT2D eigenvalue weighted by atomic mass is 32.2. The van der Waals surface area contributed by atoms with Crippen LogP contribution < -0.4 is 19.3 Å². The van der Waals surface area contributed by atoms with Gasteiger partial charge in [0.15, 0.2) is 4.75 Å². The first-order valence-corrected chi connectivity index (χ1v) is 23.1. The molecule has 27 heteroatoms. The topological polar surface area (TPSA) is 295 Å². The maximum Gasteiger partial charge on any atom is 0.421 e. The van der Waals surface area contributed by atoms with Gasteiger partial charge in [-0.1, -0.05) is 0 Å². The number of halogens is 4. The molecule has 19 nitrogen and oxygen atoms in total. The number of ether oxygens (including phenoxy) is 3. The summed E-state index contributed by atoms with van der Waals surface area (Å²) >= 11 is 0. The standard InChI is InChI=1S/C9H15F2NO4S.C9H15NO5S.C8H15NO4S.C4H7F2NO2S/c1-8(2,3)16-7(13)12-17(14,15)9(4-5-9)6(10)11;1-8(2,3)15-7(12)10-16(13,14)9(6-11)4-5-9;1-8(2,3)13-7(10)9-14(11,12)6-4-5-6;5-3(6)4(1-2-4)10(7,8)9/h6H,4-5H2,1-3H3,(H,12,13);6H,4-5H2,1-3H3,(H,10,12);6H,4-5H2,1-3H3,(H,9,10);3H,1-2H2,(H2,7,8,9). The van der Waals surface area contributed by atoms with Gasteiger partial charge in [0.05, 0.1) is 5.25 Å². The molecule has 4 saturated carbocycles. The van der Waals surface area contributed by atoms with Gasteiger partial charge in [-0.25, -0.2) is 84.9 Å². The van der Waals surface area contributed by atoms with Gasteiger partial charge >= 0.3 is 18.3 Å². The molecule has 4 aliphatic carbocycles. The van der Waals surface area contributed by atoms with Crippen molar-refractivity contribution in [3.63, 3.8) is 0 Å². The van der Waals surface area contributed by atoms with Crippen LogP contribution in [0.4, 0.5) is 31.9 Å². The summed E-state index contributed by atoms with van der Waals surface area (Å²) in [5.41, 5.74) is -2.35. The average molecular weight is 913 g/mol. The molecule has 0 aromatic heterocycles. The number of carbonyl (C=O) groups excluding carboxylic acids is 4. The Balaban J connectivity index is 0.000000386. The van der Waals surface area contributed by atoms with Crippen LogP contribution in [0.2, 0.25) is 0 Å². The summed E-state index contributed by atoms with van der Waals surface area (Å²) in [5, 5.41) is 4.16. The fraction of sp³-hybridized carbons (Fsp3) is 0.867. The van der Waals surface area contributed by atoms with E-state index in [0.717, 1.165) is 0 Å².